The molecule has 0 saturated heterocycles. The van der Waals surface area contributed by atoms with Gasteiger partial charge in [-0.25, -0.2) is 0 Å². The Morgan fingerprint density at radius 1 is 1.29 bits per heavy atom. The van der Waals surface area contributed by atoms with Gasteiger partial charge in [-0.05, 0) is 37.0 Å². The first-order valence-electron chi connectivity index (χ1n) is 9.07. The van der Waals surface area contributed by atoms with E-state index in [0.29, 0.717) is 30.0 Å². The summed E-state index contributed by atoms with van der Waals surface area (Å²) < 4.78 is 7.22. The number of fused-ring (bicyclic) bond motifs is 1. The summed E-state index contributed by atoms with van der Waals surface area (Å²) in [4.78, 5) is 13.3. The number of phenolic OH excluding ortho intramolecular Hbond substituents is 2. The molecule has 1 aliphatic rings. The molecule has 0 unspecified atom stereocenters. The molecule has 0 aliphatic carbocycles. The summed E-state index contributed by atoms with van der Waals surface area (Å²) in [5.41, 5.74) is 7.92. The van der Waals surface area contributed by atoms with E-state index in [0.717, 1.165) is 5.56 Å². The zero-order valence-corrected chi connectivity index (χ0v) is 16.1. The summed E-state index contributed by atoms with van der Waals surface area (Å²) in [5, 5.41) is 28.6. The average molecular weight is 381 g/mol. The van der Waals surface area contributed by atoms with Crippen LogP contribution in [0.1, 0.15) is 36.6 Å². The summed E-state index contributed by atoms with van der Waals surface area (Å²) in [6.07, 6.45) is 0.490. The van der Waals surface area contributed by atoms with Crippen LogP contribution in [0.3, 0.4) is 0 Å². The van der Waals surface area contributed by atoms with Crippen LogP contribution in [0.4, 0.5) is 0 Å². The lowest BCUT2D eigenvalue weighted by Gasteiger charge is -2.29. The van der Waals surface area contributed by atoms with Gasteiger partial charge in [0.2, 0.25) is 5.88 Å². The Labute approximate surface area is 162 Å². The molecule has 1 atom stereocenters. The molecule has 2 heterocycles. The number of aromatic nitrogens is 1. The average Bonchev–Trinajstić information content (AvgIpc) is 2.63. The number of nitrogens with two attached hydrogens (primary N) is 1. The van der Waals surface area contributed by atoms with Gasteiger partial charge in [-0.3, -0.25) is 4.79 Å². The van der Waals surface area contributed by atoms with E-state index in [1.54, 1.807) is 16.7 Å². The first-order valence-corrected chi connectivity index (χ1v) is 9.07. The van der Waals surface area contributed by atoms with E-state index in [1.807, 2.05) is 20.8 Å². The molecule has 0 bridgehead atoms. The number of benzene rings is 1. The largest absolute Gasteiger partial charge is 0.504 e. The van der Waals surface area contributed by atoms with Crippen LogP contribution >= 0.6 is 0 Å². The number of nitriles is 1. The molecule has 3 rings (SSSR count). The first kappa shape index (κ1) is 19.4. The highest BCUT2D eigenvalue weighted by Crippen LogP contribution is 2.40. The number of aryl methyl sites for hydroxylation is 2. The standard InChI is InChI=1S/C21H23N3O4/c1-11(2)18-14(10-22)20(23)28-17-8-12(3)24(21(27)19(17)18)7-6-13-4-5-15(25)16(26)9-13/h4-5,8-9,11,18,25-26H,6-7,23H2,1-3H3/t18-/m1/s1. The number of nitrogens with zero attached hydrogens (tertiary/aromatic N) is 2. The number of ether oxygens (including phenoxy) is 1. The number of allylic oxidation sites excluding steroid dienone is 1. The van der Waals surface area contributed by atoms with Crippen molar-refractivity contribution < 1.29 is 14.9 Å². The van der Waals surface area contributed by atoms with Crippen LogP contribution < -0.4 is 16.0 Å². The third kappa shape index (κ3) is 3.29. The molecule has 1 aromatic heterocycles. The Hall–Kier alpha value is -3.40. The second-order valence-corrected chi connectivity index (χ2v) is 7.31. The molecular weight excluding hydrogens is 358 g/mol. The van der Waals surface area contributed by atoms with Gasteiger partial charge >= 0.3 is 0 Å². The molecule has 146 valence electrons. The van der Waals surface area contributed by atoms with Crippen LogP contribution in [0.5, 0.6) is 17.2 Å². The highest BCUT2D eigenvalue weighted by atomic mass is 16.5. The van der Waals surface area contributed by atoms with Gasteiger partial charge in [0.15, 0.2) is 11.5 Å². The van der Waals surface area contributed by atoms with Crippen molar-refractivity contribution >= 4 is 0 Å². The van der Waals surface area contributed by atoms with Crippen molar-refractivity contribution in [1.82, 2.24) is 4.57 Å². The molecule has 1 aliphatic heterocycles. The van der Waals surface area contributed by atoms with E-state index in [9.17, 15) is 20.3 Å². The maximum atomic E-state index is 13.3. The molecule has 0 saturated carbocycles. The van der Waals surface area contributed by atoms with Crippen molar-refractivity contribution in [3.05, 3.63) is 62.9 Å². The van der Waals surface area contributed by atoms with E-state index in [-0.39, 0.29) is 34.4 Å². The Balaban J connectivity index is 2.02. The molecule has 28 heavy (non-hydrogen) atoms. The van der Waals surface area contributed by atoms with Crippen molar-refractivity contribution in [2.75, 3.05) is 0 Å². The number of aromatic hydroxyl groups is 2. The molecule has 1 aromatic carbocycles. The molecule has 0 amide bonds. The lowest BCUT2D eigenvalue weighted by atomic mass is 9.81. The molecule has 0 spiro atoms. The second kappa shape index (κ2) is 7.31. The lowest BCUT2D eigenvalue weighted by molar-refractivity contribution is 0.366. The second-order valence-electron chi connectivity index (χ2n) is 7.31. The Morgan fingerprint density at radius 2 is 2.00 bits per heavy atom. The third-order valence-corrected chi connectivity index (χ3v) is 5.07. The maximum Gasteiger partial charge on any atom is 0.258 e. The van der Waals surface area contributed by atoms with Gasteiger partial charge in [0.05, 0.1) is 11.1 Å². The molecule has 7 nitrogen and oxygen atoms in total. The van der Waals surface area contributed by atoms with Gasteiger partial charge in [0.1, 0.15) is 11.8 Å². The van der Waals surface area contributed by atoms with Gasteiger partial charge in [-0.15, -0.1) is 0 Å². The normalized spacial score (nSPS) is 15.9. The molecule has 4 N–H and O–H groups in total. The van der Waals surface area contributed by atoms with Crippen molar-refractivity contribution in [1.29, 1.82) is 5.26 Å². The highest BCUT2D eigenvalue weighted by molar-refractivity contribution is 5.50. The maximum absolute atomic E-state index is 13.3. The van der Waals surface area contributed by atoms with E-state index in [2.05, 4.69) is 6.07 Å². The number of phenols is 2. The van der Waals surface area contributed by atoms with Crippen LogP contribution in [0.15, 0.2) is 40.5 Å². The van der Waals surface area contributed by atoms with E-state index in [1.165, 1.54) is 12.1 Å². The lowest BCUT2D eigenvalue weighted by Crippen LogP contribution is -2.34. The van der Waals surface area contributed by atoms with Gasteiger partial charge < -0.3 is 25.3 Å². The van der Waals surface area contributed by atoms with E-state index >= 15 is 0 Å². The Kier molecular flexibility index (Phi) is 5.06. The van der Waals surface area contributed by atoms with Gasteiger partial charge in [-0.1, -0.05) is 19.9 Å². The van der Waals surface area contributed by atoms with E-state index in [4.69, 9.17) is 10.5 Å². The number of rotatable bonds is 4. The van der Waals surface area contributed by atoms with Crippen LogP contribution in [0.25, 0.3) is 0 Å². The minimum Gasteiger partial charge on any atom is -0.504 e. The SMILES string of the molecule is Cc1cc2c(c(=O)n1CCc1ccc(O)c(O)c1)[C@H](C(C)C)C(C#N)=C(N)O2. The topological polar surface area (TPSA) is 122 Å². The number of hydrogen-bond acceptors (Lipinski definition) is 6. The van der Waals surface area contributed by atoms with Gasteiger partial charge in [-0.2, -0.15) is 5.26 Å². The van der Waals surface area contributed by atoms with Crippen molar-refractivity contribution in [3.63, 3.8) is 0 Å². The quantitative estimate of drug-likeness (QED) is 0.700. The third-order valence-electron chi connectivity index (χ3n) is 5.07. The molecule has 7 heteroatoms. The summed E-state index contributed by atoms with van der Waals surface area (Å²) in [6, 6.07) is 8.45. The highest BCUT2D eigenvalue weighted by Gasteiger charge is 2.34. The monoisotopic (exact) mass is 381 g/mol. The van der Waals surface area contributed by atoms with E-state index < -0.39 is 5.92 Å². The Morgan fingerprint density at radius 3 is 2.61 bits per heavy atom. The predicted molar refractivity (Wildman–Crippen MR) is 104 cm³/mol. The zero-order chi connectivity index (χ0) is 20.6. The van der Waals surface area contributed by atoms with Crippen molar-refractivity contribution in [2.24, 2.45) is 11.7 Å². The number of pyridine rings is 1. The fourth-order valence-electron chi connectivity index (χ4n) is 3.63. The summed E-state index contributed by atoms with van der Waals surface area (Å²) in [7, 11) is 0. The fourth-order valence-corrected chi connectivity index (χ4v) is 3.63. The van der Waals surface area contributed by atoms with Crippen molar-refractivity contribution in [3.8, 4) is 23.3 Å². The minimum absolute atomic E-state index is 0.00579. The van der Waals surface area contributed by atoms with Crippen molar-refractivity contribution in [2.45, 2.75) is 39.7 Å². The molecule has 0 radical (unpaired) electrons. The Bertz CT molecular complexity index is 1060. The van der Waals surface area contributed by atoms with Crippen LogP contribution in [0.2, 0.25) is 0 Å². The summed E-state index contributed by atoms with van der Waals surface area (Å²) in [6.45, 7) is 6.07. The van der Waals surface area contributed by atoms with Gasteiger partial charge in [0, 0.05) is 24.2 Å². The zero-order valence-electron chi connectivity index (χ0n) is 16.1. The fraction of sp³-hybridized carbons (Fsp3) is 0.333. The predicted octanol–water partition coefficient (Wildman–Crippen LogP) is 2.64. The van der Waals surface area contributed by atoms with Crippen LogP contribution in [-0.2, 0) is 13.0 Å². The van der Waals surface area contributed by atoms with Crippen LogP contribution in [-0.4, -0.2) is 14.8 Å². The molecule has 2 aromatic rings. The smallest absolute Gasteiger partial charge is 0.258 e. The van der Waals surface area contributed by atoms with Gasteiger partial charge in [0.25, 0.3) is 5.56 Å². The summed E-state index contributed by atoms with van der Waals surface area (Å²) >= 11 is 0. The molecular formula is C21H23N3O4. The first-order chi connectivity index (χ1) is 13.2. The minimum atomic E-state index is -0.425. The van der Waals surface area contributed by atoms with Crippen LogP contribution in [0, 0.1) is 24.2 Å². The molecule has 0 fully saturated rings. The summed E-state index contributed by atoms with van der Waals surface area (Å²) in [5.74, 6) is -0.364. The number of hydrogen-bond donors (Lipinski definition) is 3.